The number of hydrogen-bond donors (Lipinski definition) is 1. The van der Waals surface area contributed by atoms with Gasteiger partial charge in [0.1, 0.15) is 0 Å². The van der Waals surface area contributed by atoms with Gasteiger partial charge in [-0.1, -0.05) is 42.5 Å². The maximum Gasteiger partial charge on any atom is 0.223 e. The van der Waals surface area contributed by atoms with Crippen LogP contribution in [-0.2, 0) is 11.2 Å². The van der Waals surface area contributed by atoms with Crippen LogP contribution in [0, 0.1) is 0 Å². The molecule has 0 radical (unpaired) electrons. The number of nitrogens with one attached hydrogen (secondary N) is 1. The summed E-state index contributed by atoms with van der Waals surface area (Å²) in [5.41, 5.74) is 1.28. The zero-order valence-electron chi connectivity index (χ0n) is 11.1. The molecule has 1 heterocycles. The van der Waals surface area contributed by atoms with Gasteiger partial charge in [-0.2, -0.15) is 0 Å². The van der Waals surface area contributed by atoms with Gasteiger partial charge in [0.2, 0.25) is 5.91 Å². The van der Waals surface area contributed by atoms with Gasteiger partial charge in [0.25, 0.3) is 0 Å². The lowest BCUT2D eigenvalue weighted by Crippen LogP contribution is -2.04. The van der Waals surface area contributed by atoms with Crippen molar-refractivity contribution >= 4 is 33.1 Å². The van der Waals surface area contributed by atoms with Crippen LogP contribution in [0.3, 0.4) is 0 Å². The van der Waals surface area contributed by atoms with E-state index in [2.05, 4.69) is 46.7 Å². The van der Waals surface area contributed by atoms with Crippen molar-refractivity contribution < 1.29 is 4.79 Å². The van der Waals surface area contributed by atoms with Gasteiger partial charge in [0.15, 0.2) is 5.13 Å². The normalized spacial score (nSPS) is 10.7. The number of amides is 1. The van der Waals surface area contributed by atoms with E-state index in [9.17, 15) is 4.79 Å². The van der Waals surface area contributed by atoms with Crippen molar-refractivity contribution in [3.05, 3.63) is 59.1 Å². The van der Waals surface area contributed by atoms with Gasteiger partial charge in [-0.3, -0.25) is 4.79 Å². The molecule has 0 aliphatic carbocycles. The molecule has 2 aromatic carbocycles. The first-order valence-corrected chi connectivity index (χ1v) is 7.23. The fraction of sp³-hybridized carbons (Fsp3) is 0.125. The summed E-state index contributed by atoms with van der Waals surface area (Å²) in [5, 5.41) is 5.89. The Morgan fingerprint density at radius 1 is 1.20 bits per heavy atom. The summed E-state index contributed by atoms with van der Waals surface area (Å²) < 4.78 is 0. The van der Waals surface area contributed by atoms with Crippen molar-refractivity contribution in [3.8, 4) is 0 Å². The number of benzene rings is 2. The first-order chi connectivity index (χ1) is 9.72. The van der Waals surface area contributed by atoms with Crippen LogP contribution in [0.1, 0.15) is 17.4 Å². The van der Waals surface area contributed by atoms with Crippen molar-refractivity contribution in [2.75, 3.05) is 5.32 Å². The van der Waals surface area contributed by atoms with Gasteiger partial charge in [-0.25, -0.2) is 4.98 Å². The summed E-state index contributed by atoms with van der Waals surface area (Å²) in [6, 6.07) is 14.7. The highest BCUT2D eigenvalue weighted by Gasteiger charge is 2.06. The number of hydrogen-bond acceptors (Lipinski definition) is 3. The second-order valence-electron chi connectivity index (χ2n) is 4.63. The molecule has 0 spiro atoms. The Hall–Kier alpha value is -2.20. The number of fused-ring (bicyclic) bond motifs is 1. The molecule has 0 saturated heterocycles. The molecule has 20 heavy (non-hydrogen) atoms. The van der Waals surface area contributed by atoms with Crippen LogP contribution in [0.5, 0.6) is 0 Å². The van der Waals surface area contributed by atoms with Gasteiger partial charge in [0, 0.05) is 24.4 Å². The van der Waals surface area contributed by atoms with Gasteiger partial charge < -0.3 is 5.32 Å². The summed E-state index contributed by atoms with van der Waals surface area (Å²) >= 11 is 1.52. The molecule has 0 unspecified atom stereocenters. The number of carbonyl (C=O) groups is 1. The van der Waals surface area contributed by atoms with E-state index < -0.39 is 0 Å². The van der Waals surface area contributed by atoms with E-state index in [1.807, 2.05) is 12.3 Å². The molecule has 100 valence electrons. The van der Waals surface area contributed by atoms with E-state index >= 15 is 0 Å². The van der Waals surface area contributed by atoms with Crippen LogP contribution in [0.25, 0.3) is 10.8 Å². The van der Waals surface area contributed by atoms with Gasteiger partial charge in [-0.15, -0.1) is 11.3 Å². The molecule has 0 aliphatic heterocycles. The molecule has 0 bridgehead atoms. The quantitative estimate of drug-likeness (QED) is 0.793. The molecule has 4 heteroatoms. The van der Waals surface area contributed by atoms with Crippen molar-refractivity contribution in [2.45, 2.75) is 13.3 Å². The van der Waals surface area contributed by atoms with Crippen molar-refractivity contribution in [2.24, 2.45) is 0 Å². The Morgan fingerprint density at radius 3 is 2.85 bits per heavy atom. The third kappa shape index (κ3) is 2.70. The highest BCUT2D eigenvalue weighted by Crippen LogP contribution is 2.25. The SMILES string of the molecule is CC(=O)Nc1ncc(Cc2cccc3ccccc23)s1. The molecule has 3 nitrogen and oxygen atoms in total. The molecule has 1 N–H and O–H groups in total. The van der Waals surface area contributed by atoms with E-state index in [-0.39, 0.29) is 5.91 Å². The Kier molecular flexibility index (Phi) is 3.48. The summed E-state index contributed by atoms with van der Waals surface area (Å²) in [6.07, 6.45) is 2.66. The Morgan fingerprint density at radius 2 is 2.00 bits per heavy atom. The lowest BCUT2D eigenvalue weighted by Gasteiger charge is -2.04. The molecule has 0 aliphatic rings. The number of carbonyl (C=O) groups excluding carboxylic acids is 1. The molecule has 0 atom stereocenters. The van der Waals surface area contributed by atoms with Gasteiger partial charge in [-0.05, 0) is 16.3 Å². The second kappa shape index (κ2) is 5.43. The van der Waals surface area contributed by atoms with E-state index in [1.54, 1.807) is 0 Å². The van der Waals surface area contributed by atoms with E-state index in [4.69, 9.17) is 0 Å². The maximum atomic E-state index is 11.0. The third-order valence-corrected chi connectivity index (χ3v) is 3.99. The minimum Gasteiger partial charge on any atom is -0.302 e. The zero-order valence-corrected chi connectivity index (χ0v) is 11.9. The zero-order chi connectivity index (χ0) is 13.9. The minimum atomic E-state index is -0.0870. The maximum absolute atomic E-state index is 11.0. The standard InChI is InChI=1S/C16H14N2OS/c1-11(19)18-16-17-10-14(20-16)9-13-7-4-6-12-5-2-3-8-15(12)13/h2-8,10H,9H2,1H3,(H,17,18,19). The van der Waals surface area contributed by atoms with Crippen LogP contribution >= 0.6 is 11.3 Å². The van der Waals surface area contributed by atoms with Gasteiger partial charge in [0.05, 0.1) is 0 Å². The van der Waals surface area contributed by atoms with Crippen molar-refractivity contribution in [1.29, 1.82) is 0 Å². The predicted octanol–water partition coefficient (Wildman–Crippen LogP) is 3.85. The molecule has 1 amide bonds. The molecule has 0 fully saturated rings. The summed E-state index contributed by atoms with van der Waals surface area (Å²) in [4.78, 5) is 16.4. The Balaban J connectivity index is 1.89. The number of anilines is 1. The van der Waals surface area contributed by atoms with Crippen LogP contribution in [0.15, 0.2) is 48.7 Å². The van der Waals surface area contributed by atoms with Crippen LogP contribution in [-0.4, -0.2) is 10.9 Å². The average molecular weight is 282 g/mol. The highest BCUT2D eigenvalue weighted by molar-refractivity contribution is 7.15. The lowest BCUT2D eigenvalue weighted by molar-refractivity contribution is -0.114. The summed E-state index contributed by atoms with van der Waals surface area (Å²) in [5.74, 6) is -0.0870. The topological polar surface area (TPSA) is 42.0 Å². The molecular formula is C16H14N2OS. The van der Waals surface area contributed by atoms with Crippen molar-refractivity contribution in [1.82, 2.24) is 4.98 Å². The minimum absolute atomic E-state index is 0.0870. The number of rotatable bonds is 3. The number of thiazole rings is 1. The monoisotopic (exact) mass is 282 g/mol. The molecule has 1 aromatic heterocycles. The average Bonchev–Trinajstić information content (AvgIpc) is 2.86. The number of nitrogens with zero attached hydrogens (tertiary/aromatic N) is 1. The summed E-state index contributed by atoms with van der Waals surface area (Å²) in [7, 11) is 0. The lowest BCUT2D eigenvalue weighted by atomic mass is 10.0. The Bertz CT molecular complexity index is 759. The Labute approximate surface area is 121 Å². The van der Waals surface area contributed by atoms with Crippen molar-refractivity contribution in [3.63, 3.8) is 0 Å². The summed E-state index contributed by atoms with van der Waals surface area (Å²) in [6.45, 7) is 1.49. The van der Waals surface area contributed by atoms with Gasteiger partial charge >= 0.3 is 0 Å². The highest BCUT2D eigenvalue weighted by atomic mass is 32.1. The van der Waals surface area contributed by atoms with Crippen LogP contribution in [0.4, 0.5) is 5.13 Å². The van der Waals surface area contributed by atoms with Crippen LogP contribution in [0.2, 0.25) is 0 Å². The molecule has 3 rings (SSSR count). The number of aromatic nitrogens is 1. The van der Waals surface area contributed by atoms with E-state index in [1.165, 1.54) is 34.6 Å². The smallest absolute Gasteiger partial charge is 0.223 e. The molecular weight excluding hydrogens is 268 g/mol. The fourth-order valence-corrected chi connectivity index (χ4v) is 3.11. The fourth-order valence-electron chi connectivity index (χ4n) is 2.23. The first-order valence-electron chi connectivity index (χ1n) is 6.41. The third-order valence-electron chi connectivity index (χ3n) is 3.08. The predicted molar refractivity (Wildman–Crippen MR) is 83.2 cm³/mol. The van der Waals surface area contributed by atoms with Crippen LogP contribution < -0.4 is 5.32 Å². The molecule has 3 aromatic rings. The van der Waals surface area contributed by atoms with E-state index in [0.29, 0.717) is 5.13 Å². The molecule has 0 saturated carbocycles. The second-order valence-corrected chi connectivity index (χ2v) is 5.74. The largest absolute Gasteiger partial charge is 0.302 e. The first kappa shape index (κ1) is 12.8. The van der Waals surface area contributed by atoms with E-state index in [0.717, 1.165) is 11.3 Å².